The van der Waals surface area contributed by atoms with Crippen molar-refractivity contribution in [3.8, 4) is 0 Å². The van der Waals surface area contributed by atoms with Crippen LogP contribution in [-0.2, 0) is 4.74 Å². The van der Waals surface area contributed by atoms with E-state index in [-0.39, 0.29) is 23.6 Å². The number of nitro groups is 1. The lowest BCUT2D eigenvalue weighted by Gasteiger charge is -2.32. The van der Waals surface area contributed by atoms with E-state index in [2.05, 4.69) is 4.98 Å². The Labute approximate surface area is 121 Å². The average Bonchev–Trinajstić information content (AvgIpc) is 2.36. The van der Waals surface area contributed by atoms with E-state index in [1.165, 1.54) is 11.0 Å². The zero-order valence-corrected chi connectivity index (χ0v) is 12.1. The molecular weight excluding hydrogens is 278 g/mol. The highest BCUT2D eigenvalue weighted by molar-refractivity contribution is 5.89. The molecule has 1 aliphatic heterocycles. The zero-order chi connectivity index (χ0) is 15.8. The van der Waals surface area contributed by atoms with Gasteiger partial charge in [-0.25, -0.2) is 9.78 Å². The minimum atomic E-state index is -0.848. The van der Waals surface area contributed by atoms with Crippen LogP contribution in [-0.4, -0.2) is 33.3 Å². The number of fused-ring (bicyclic) bond motifs is 1. The van der Waals surface area contributed by atoms with E-state index in [0.717, 1.165) is 6.20 Å². The molecule has 8 nitrogen and oxygen atoms in total. The van der Waals surface area contributed by atoms with Crippen LogP contribution >= 0.6 is 0 Å². The number of hydrogen-bond acceptors (Lipinski definition) is 6. The topological polar surface area (TPSA) is 106 Å². The summed E-state index contributed by atoms with van der Waals surface area (Å²) in [5, 5.41) is 20.8. The lowest BCUT2D eigenvalue weighted by molar-refractivity contribution is -0.385. The Bertz CT molecular complexity index is 582. The lowest BCUT2D eigenvalue weighted by Crippen LogP contribution is -2.40. The summed E-state index contributed by atoms with van der Waals surface area (Å²) in [6.45, 7) is 5.41. The Morgan fingerprint density at radius 2 is 2.24 bits per heavy atom. The van der Waals surface area contributed by atoms with Crippen LogP contribution in [0.5, 0.6) is 0 Å². The van der Waals surface area contributed by atoms with Crippen LogP contribution in [0, 0.1) is 10.1 Å². The summed E-state index contributed by atoms with van der Waals surface area (Å²) in [4.78, 5) is 27.6. The van der Waals surface area contributed by atoms with Crippen molar-refractivity contribution in [3.63, 3.8) is 0 Å². The van der Waals surface area contributed by atoms with Crippen molar-refractivity contribution in [2.24, 2.45) is 0 Å². The van der Waals surface area contributed by atoms with E-state index in [1.54, 1.807) is 20.8 Å². The summed E-state index contributed by atoms with van der Waals surface area (Å²) < 4.78 is 5.28. The number of carbonyl (C=O) groups excluding carboxylic acids is 1. The normalized spacial score (nSPS) is 18.1. The van der Waals surface area contributed by atoms with Gasteiger partial charge in [0.15, 0.2) is 0 Å². The molecule has 0 aromatic carbocycles. The number of rotatable bonds is 1. The molecular formula is C13H17N3O5. The third kappa shape index (κ3) is 3.27. The molecule has 1 aliphatic rings. The van der Waals surface area contributed by atoms with E-state index in [4.69, 9.17) is 4.74 Å². The maximum atomic E-state index is 12.2. The third-order valence-corrected chi connectivity index (χ3v) is 2.94. The largest absolute Gasteiger partial charge is 0.443 e. The van der Waals surface area contributed by atoms with Gasteiger partial charge >= 0.3 is 6.09 Å². The van der Waals surface area contributed by atoms with E-state index in [1.807, 2.05) is 0 Å². The van der Waals surface area contributed by atoms with Gasteiger partial charge in [0.25, 0.3) is 5.69 Å². The van der Waals surface area contributed by atoms with Gasteiger partial charge in [-0.3, -0.25) is 15.0 Å². The van der Waals surface area contributed by atoms with Crippen LogP contribution in [0.25, 0.3) is 0 Å². The molecule has 2 heterocycles. The summed E-state index contributed by atoms with van der Waals surface area (Å²) in [7, 11) is 0. The Kier molecular flexibility index (Phi) is 3.82. The summed E-state index contributed by atoms with van der Waals surface area (Å²) in [5.74, 6) is 0. The molecule has 0 fully saturated rings. The van der Waals surface area contributed by atoms with Crippen LogP contribution in [0.2, 0.25) is 0 Å². The SMILES string of the molecule is CC(C)(C)OC(=O)N1CCC(O)c2ncc([N+](=O)[O-])cc21. The second kappa shape index (κ2) is 5.28. The quantitative estimate of drug-likeness (QED) is 0.628. The van der Waals surface area contributed by atoms with Gasteiger partial charge in [-0.15, -0.1) is 0 Å². The highest BCUT2D eigenvalue weighted by Gasteiger charge is 2.33. The van der Waals surface area contributed by atoms with Gasteiger partial charge in [0.05, 0.1) is 22.4 Å². The first-order chi connectivity index (χ1) is 9.69. The summed E-state index contributed by atoms with van der Waals surface area (Å²) in [5.41, 5.74) is -0.451. The van der Waals surface area contributed by atoms with Crippen molar-refractivity contribution in [2.45, 2.75) is 38.9 Å². The fourth-order valence-electron chi connectivity index (χ4n) is 2.04. The predicted octanol–water partition coefficient (Wildman–Crippen LogP) is 2.17. The lowest BCUT2D eigenvalue weighted by atomic mass is 10.0. The van der Waals surface area contributed by atoms with Gasteiger partial charge < -0.3 is 9.84 Å². The van der Waals surface area contributed by atoms with Gasteiger partial charge in [-0.05, 0) is 27.2 Å². The number of hydrogen-bond donors (Lipinski definition) is 1. The summed E-state index contributed by atoms with van der Waals surface area (Å²) >= 11 is 0. The molecule has 0 saturated carbocycles. The first-order valence-electron chi connectivity index (χ1n) is 6.52. The van der Waals surface area contributed by atoms with E-state index in [0.29, 0.717) is 6.42 Å². The molecule has 1 amide bonds. The van der Waals surface area contributed by atoms with Crippen molar-refractivity contribution >= 4 is 17.5 Å². The smallest absolute Gasteiger partial charge is 0.414 e. The number of pyridine rings is 1. The maximum absolute atomic E-state index is 12.2. The molecule has 0 saturated heterocycles. The Morgan fingerprint density at radius 1 is 1.57 bits per heavy atom. The van der Waals surface area contributed by atoms with Crippen molar-refractivity contribution in [1.82, 2.24) is 4.98 Å². The minimum Gasteiger partial charge on any atom is -0.443 e. The molecule has 1 aromatic heterocycles. The van der Waals surface area contributed by atoms with Gasteiger partial charge in [0.1, 0.15) is 11.8 Å². The number of ether oxygens (including phenoxy) is 1. The Morgan fingerprint density at radius 3 is 2.81 bits per heavy atom. The maximum Gasteiger partial charge on any atom is 0.414 e. The van der Waals surface area contributed by atoms with Gasteiger partial charge in [0.2, 0.25) is 0 Å². The van der Waals surface area contributed by atoms with E-state index < -0.39 is 22.7 Å². The molecule has 0 radical (unpaired) electrons. The van der Waals surface area contributed by atoms with Crippen molar-refractivity contribution in [3.05, 3.63) is 28.1 Å². The molecule has 1 atom stereocenters. The van der Waals surface area contributed by atoms with Crippen LogP contribution < -0.4 is 4.90 Å². The van der Waals surface area contributed by atoms with Crippen LogP contribution in [0.4, 0.5) is 16.2 Å². The van der Waals surface area contributed by atoms with Crippen LogP contribution in [0.3, 0.4) is 0 Å². The standard InChI is InChI=1S/C13H17N3O5/c1-13(2,3)21-12(18)15-5-4-10(17)11-9(15)6-8(7-14-11)16(19)20/h6-7,10,17H,4-5H2,1-3H3. The first kappa shape index (κ1) is 15.2. The predicted molar refractivity (Wildman–Crippen MR) is 74.0 cm³/mol. The number of carbonyl (C=O) groups is 1. The molecule has 114 valence electrons. The highest BCUT2D eigenvalue weighted by atomic mass is 16.6. The summed E-state index contributed by atoms with van der Waals surface area (Å²) in [6.07, 6.45) is -0.0880. The monoisotopic (exact) mass is 295 g/mol. The molecule has 1 unspecified atom stereocenters. The molecule has 8 heteroatoms. The van der Waals surface area contributed by atoms with Gasteiger partial charge in [-0.1, -0.05) is 0 Å². The Hall–Kier alpha value is -2.22. The summed E-state index contributed by atoms with van der Waals surface area (Å²) in [6, 6.07) is 1.23. The zero-order valence-electron chi connectivity index (χ0n) is 12.1. The van der Waals surface area contributed by atoms with Crippen LogP contribution in [0.1, 0.15) is 39.0 Å². The third-order valence-electron chi connectivity index (χ3n) is 2.94. The first-order valence-corrected chi connectivity index (χ1v) is 6.52. The number of anilines is 1. The van der Waals surface area contributed by atoms with Gasteiger partial charge in [0, 0.05) is 12.6 Å². The van der Waals surface area contributed by atoms with Crippen molar-refractivity contribution in [2.75, 3.05) is 11.4 Å². The van der Waals surface area contributed by atoms with E-state index >= 15 is 0 Å². The molecule has 0 spiro atoms. The number of aliphatic hydroxyl groups is 1. The second-order valence-corrected chi connectivity index (χ2v) is 5.79. The van der Waals surface area contributed by atoms with Crippen LogP contribution in [0.15, 0.2) is 12.3 Å². The number of amides is 1. The highest BCUT2D eigenvalue weighted by Crippen LogP contribution is 2.35. The molecule has 1 N–H and O–H groups in total. The molecule has 21 heavy (non-hydrogen) atoms. The molecule has 0 bridgehead atoms. The average molecular weight is 295 g/mol. The number of aromatic nitrogens is 1. The second-order valence-electron chi connectivity index (χ2n) is 5.79. The van der Waals surface area contributed by atoms with Crippen molar-refractivity contribution < 1.29 is 19.6 Å². The van der Waals surface area contributed by atoms with Crippen molar-refractivity contribution in [1.29, 1.82) is 0 Å². The minimum absolute atomic E-state index is 0.214. The molecule has 0 aliphatic carbocycles. The fourth-order valence-corrected chi connectivity index (χ4v) is 2.04. The fraction of sp³-hybridized carbons (Fsp3) is 0.538. The number of aliphatic hydroxyl groups excluding tert-OH is 1. The Balaban J connectivity index is 2.39. The number of nitrogens with zero attached hydrogens (tertiary/aromatic N) is 3. The van der Waals surface area contributed by atoms with E-state index in [9.17, 15) is 20.0 Å². The molecule has 2 rings (SSSR count). The van der Waals surface area contributed by atoms with Gasteiger partial charge in [-0.2, -0.15) is 0 Å². The molecule has 1 aromatic rings.